The van der Waals surface area contributed by atoms with Crippen molar-refractivity contribution in [2.24, 2.45) is 5.73 Å². The highest BCUT2D eigenvalue weighted by Crippen LogP contribution is 2.28. The van der Waals surface area contributed by atoms with Gasteiger partial charge in [0.15, 0.2) is 0 Å². The summed E-state index contributed by atoms with van der Waals surface area (Å²) in [5, 5.41) is 9.07. The molecule has 4 aromatic rings. The van der Waals surface area contributed by atoms with E-state index in [9.17, 15) is 14.4 Å². The molecule has 13 nitrogen and oxygen atoms in total. The van der Waals surface area contributed by atoms with Crippen molar-refractivity contribution in [2.45, 2.75) is 13.8 Å². The molecule has 0 aliphatic rings. The van der Waals surface area contributed by atoms with Crippen LogP contribution in [0.2, 0.25) is 0 Å². The van der Waals surface area contributed by atoms with Crippen LogP contribution < -0.4 is 19.9 Å². The van der Waals surface area contributed by atoms with Crippen molar-refractivity contribution in [3.05, 3.63) is 65.7 Å². The zero-order valence-electron chi connectivity index (χ0n) is 22.1. The van der Waals surface area contributed by atoms with E-state index in [0.717, 1.165) is 5.75 Å². The summed E-state index contributed by atoms with van der Waals surface area (Å²) in [6.45, 7) is 3.85. The summed E-state index contributed by atoms with van der Waals surface area (Å²) in [6, 6.07) is 13.7. The maximum Gasteiger partial charge on any atom is 0.376 e. The maximum atomic E-state index is 11.7. The normalized spacial score (nSPS) is 10.2. The number of esters is 1. The third kappa shape index (κ3) is 6.95. The van der Waals surface area contributed by atoms with E-state index in [0.29, 0.717) is 23.5 Å². The van der Waals surface area contributed by atoms with Crippen molar-refractivity contribution in [1.29, 1.82) is 0 Å². The topological polar surface area (TPSA) is 186 Å². The van der Waals surface area contributed by atoms with Crippen molar-refractivity contribution in [1.82, 2.24) is 9.97 Å². The van der Waals surface area contributed by atoms with Gasteiger partial charge in [-0.25, -0.2) is 14.6 Å². The van der Waals surface area contributed by atoms with Gasteiger partial charge in [0.2, 0.25) is 28.9 Å². The summed E-state index contributed by atoms with van der Waals surface area (Å²) in [6.07, 6.45) is 0. The molecule has 0 radical (unpaired) electrons. The molecule has 0 saturated carbocycles. The van der Waals surface area contributed by atoms with Crippen LogP contribution in [0.25, 0.3) is 22.9 Å². The van der Waals surface area contributed by atoms with Crippen molar-refractivity contribution in [2.75, 3.05) is 27.4 Å². The molecule has 2 aromatic heterocycles. The first-order chi connectivity index (χ1) is 19.2. The number of methoxy groups -OCH3 is 2. The molecule has 0 aliphatic heterocycles. The molecular formula is C27H27N3O10. The van der Waals surface area contributed by atoms with E-state index in [1.807, 2.05) is 0 Å². The van der Waals surface area contributed by atoms with E-state index < -0.39 is 29.3 Å². The average Bonchev–Trinajstić information content (AvgIpc) is 3.60. The SMILES string of the molecule is CCOC(=O)c1oc(-c2ccc(OC)cc2)nc1C(=O)O.CCOc1oc(-c2ccc(OC)cc2)nc1C(N)=O. The molecule has 0 saturated heterocycles. The van der Waals surface area contributed by atoms with E-state index in [2.05, 4.69) is 9.97 Å². The van der Waals surface area contributed by atoms with Crippen LogP contribution in [0.1, 0.15) is 45.4 Å². The summed E-state index contributed by atoms with van der Waals surface area (Å²) in [5.41, 5.74) is 5.97. The van der Waals surface area contributed by atoms with Gasteiger partial charge in [0.05, 0.1) is 27.4 Å². The predicted molar refractivity (Wildman–Crippen MR) is 140 cm³/mol. The number of aromatic nitrogens is 2. The minimum atomic E-state index is -1.36. The summed E-state index contributed by atoms with van der Waals surface area (Å²) in [5.74, 6) is -1.63. The van der Waals surface area contributed by atoms with Crippen LogP contribution in [0.4, 0.5) is 0 Å². The molecule has 3 N–H and O–H groups in total. The number of rotatable bonds is 10. The van der Waals surface area contributed by atoms with Gasteiger partial charge in [-0.15, -0.1) is 0 Å². The molecule has 0 atom stereocenters. The Morgan fingerprint density at radius 3 is 1.73 bits per heavy atom. The first-order valence-electron chi connectivity index (χ1n) is 11.9. The number of benzene rings is 2. The zero-order valence-corrected chi connectivity index (χ0v) is 22.1. The Balaban J connectivity index is 0.000000222. The second-order valence-corrected chi connectivity index (χ2v) is 7.63. The first-order valence-corrected chi connectivity index (χ1v) is 11.9. The van der Waals surface area contributed by atoms with E-state index in [1.165, 1.54) is 7.11 Å². The lowest BCUT2D eigenvalue weighted by atomic mass is 10.2. The predicted octanol–water partition coefficient (Wildman–Crippen LogP) is 4.07. The Hall–Kier alpha value is -5.33. The first kappa shape index (κ1) is 29.2. The summed E-state index contributed by atoms with van der Waals surface area (Å²) in [7, 11) is 3.11. The van der Waals surface area contributed by atoms with Crippen LogP contribution in [-0.4, -0.2) is 60.4 Å². The molecule has 0 aliphatic carbocycles. The van der Waals surface area contributed by atoms with Gasteiger partial charge in [0.1, 0.15) is 11.5 Å². The Bertz CT molecular complexity index is 1460. The van der Waals surface area contributed by atoms with Gasteiger partial charge in [-0.1, -0.05) is 0 Å². The number of hydrogen-bond donors (Lipinski definition) is 2. The Labute approximate surface area is 228 Å². The number of carboxylic acid groups (broad SMARTS) is 1. The van der Waals surface area contributed by atoms with Crippen molar-refractivity contribution < 1.29 is 47.3 Å². The van der Waals surface area contributed by atoms with E-state index in [4.69, 9.17) is 38.6 Å². The molecule has 210 valence electrons. The molecule has 2 heterocycles. The number of oxazole rings is 2. The van der Waals surface area contributed by atoms with Crippen LogP contribution in [0.3, 0.4) is 0 Å². The number of nitrogens with two attached hydrogens (primary N) is 1. The second-order valence-electron chi connectivity index (χ2n) is 7.63. The minimum absolute atomic E-state index is 0.00679. The highest BCUT2D eigenvalue weighted by atomic mass is 16.6. The fraction of sp³-hybridized carbons (Fsp3) is 0.222. The number of carbonyl (C=O) groups excluding carboxylic acids is 2. The lowest BCUT2D eigenvalue weighted by molar-refractivity contribution is 0.0478. The summed E-state index contributed by atoms with van der Waals surface area (Å²) in [4.78, 5) is 41.9. The second kappa shape index (κ2) is 13.5. The van der Waals surface area contributed by atoms with Crippen LogP contribution in [0.5, 0.6) is 17.4 Å². The molecule has 0 unspecified atom stereocenters. The Morgan fingerprint density at radius 1 is 0.800 bits per heavy atom. The van der Waals surface area contributed by atoms with Gasteiger partial charge in [0, 0.05) is 11.1 Å². The van der Waals surface area contributed by atoms with Crippen LogP contribution in [0, 0.1) is 0 Å². The number of aromatic carboxylic acids is 1. The largest absolute Gasteiger partial charge is 0.497 e. The quantitative estimate of drug-likeness (QED) is 0.268. The molecule has 0 fully saturated rings. The highest BCUT2D eigenvalue weighted by molar-refractivity contribution is 5.99. The number of carboxylic acids is 1. The summed E-state index contributed by atoms with van der Waals surface area (Å²) < 4.78 is 30.7. The monoisotopic (exact) mass is 553 g/mol. The minimum Gasteiger partial charge on any atom is -0.497 e. The standard InChI is InChI=1S/C14H13NO6.C13H14N2O4/c1-3-20-14(18)11-10(13(16)17)15-12(21-11)8-4-6-9(19-2)7-5-8;1-3-18-13-10(11(14)16)15-12(19-13)8-4-6-9(17-2)7-5-8/h4-7H,3H2,1-2H3,(H,16,17);4-7H,3H2,1-2H3,(H2,14,16). The van der Waals surface area contributed by atoms with Gasteiger partial charge in [0.25, 0.3) is 5.91 Å². The lowest BCUT2D eigenvalue weighted by Gasteiger charge is -2.00. The number of hydrogen-bond acceptors (Lipinski definition) is 11. The number of nitrogens with zero attached hydrogens (tertiary/aromatic N) is 2. The third-order valence-corrected chi connectivity index (χ3v) is 5.07. The summed E-state index contributed by atoms with van der Waals surface area (Å²) >= 11 is 0. The van der Waals surface area contributed by atoms with Crippen LogP contribution >= 0.6 is 0 Å². The van der Waals surface area contributed by atoms with E-state index >= 15 is 0 Å². The molecule has 0 spiro atoms. The van der Waals surface area contributed by atoms with Gasteiger partial charge in [-0.2, -0.15) is 4.98 Å². The van der Waals surface area contributed by atoms with Crippen molar-refractivity contribution >= 4 is 17.8 Å². The van der Waals surface area contributed by atoms with E-state index in [1.54, 1.807) is 69.5 Å². The van der Waals surface area contributed by atoms with Gasteiger partial charge in [-0.3, -0.25) is 4.79 Å². The lowest BCUT2D eigenvalue weighted by Crippen LogP contribution is -2.13. The molecule has 4 rings (SSSR count). The average molecular weight is 554 g/mol. The number of carbonyl (C=O) groups is 3. The fourth-order valence-corrected chi connectivity index (χ4v) is 3.20. The zero-order chi connectivity index (χ0) is 29.2. The van der Waals surface area contributed by atoms with Crippen LogP contribution in [-0.2, 0) is 4.74 Å². The van der Waals surface area contributed by atoms with Crippen LogP contribution in [0.15, 0.2) is 57.4 Å². The molecule has 13 heteroatoms. The Kier molecular flexibility index (Phi) is 9.84. The highest BCUT2D eigenvalue weighted by Gasteiger charge is 2.27. The van der Waals surface area contributed by atoms with Gasteiger partial charge < -0.3 is 38.6 Å². The Morgan fingerprint density at radius 2 is 1.30 bits per heavy atom. The van der Waals surface area contributed by atoms with Crippen molar-refractivity contribution in [3.8, 4) is 40.4 Å². The smallest absolute Gasteiger partial charge is 0.376 e. The molecule has 2 aromatic carbocycles. The fourth-order valence-electron chi connectivity index (χ4n) is 3.20. The molecule has 40 heavy (non-hydrogen) atoms. The van der Waals surface area contributed by atoms with Gasteiger partial charge in [-0.05, 0) is 62.4 Å². The molecular weight excluding hydrogens is 526 g/mol. The maximum absolute atomic E-state index is 11.7. The number of primary amides is 1. The molecule has 1 amide bonds. The van der Waals surface area contributed by atoms with E-state index in [-0.39, 0.29) is 30.0 Å². The van der Waals surface area contributed by atoms with Crippen molar-refractivity contribution in [3.63, 3.8) is 0 Å². The number of ether oxygens (including phenoxy) is 4. The van der Waals surface area contributed by atoms with Gasteiger partial charge >= 0.3 is 17.9 Å². The molecule has 0 bridgehead atoms. The third-order valence-electron chi connectivity index (χ3n) is 5.07. The number of amides is 1.